The van der Waals surface area contributed by atoms with E-state index in [0.717, 1.165) is 6.42 Å². The van der Waals surface area contributed by atoms with Crippen molar-refractivity contribution in [3.8, 4) is 0 Å². The van der Waals surface area contributed by atoms with Crippen LogP contribution < -0.4 is 5.73 Å². The average molecular weight is 151 g/mol. The lowest BCUT2D eigenvalue weighted by Crippen LogP contribution is -2.10. The van der Waals surface area contributed by atoms with Gasteiger partial charge in [0.1, 0.15) is 0 Å². The van der Waals surface area contributed by atoms with Crippen molar-refractivity contribution >= 4 is 0 Å². The van der Waals surface area contributed by atoms with E-state index in [1.807, 2.05) is 0 Å². The molecule has 1 aliphatic carbocycles. The maximum absolute atomic E-state index is 5.54. The van der Waals surface area contributed by atoms with E-state index in [1.54, 1.807) is 0 Å². The Morgan fingerprint density at radius 2 is 2.00 bits per heavy atom. The topological polar surface area (TPSA) is 26.0 Å². The van der Waals surface area contributed by atoms with Crippen molar-refractivity contribution in [3.63, 3.8) is 0 Å². The molecule has 0 spiro atoms. The summed E-state index contributed by atoms with van der Waals surface area (Å²) in [6, 6.07) is 0. The maximum atomic E-state index is 5.54. The first-order valence-electron chi connectivity index (χ1n) is 4.13. The van der Waals surface area contributed by atoms with Crippen molar-refractivity contribution in [2.24, 2.45) is 11.1 Å². The zero-order chi connectivity index (χ0) is 8.48. The fourth-order valence-corrected chi connectivity index (χ4v) is 1.24. The van der Waals surface area contributed by atoms with Gasteiger partial charge in [0.2, 0.25) is 0 Å². The van der Waals surface area contributed by atoms with E-state index in [9.17, 15) is 0 Å². The molecule has 1 aliphatic rings. The van der Waals surface area contributed by atoms with Gasteiger partial charge in [0.15, 0.2) is 0 Å². The summed E-state index contributed by atoms with van der Waals surface area (Å²) in [5.41, 5.74) is 8.71. The molecule has 0 unspecified atom stereocenters. The number of rotatable bonds is 1. The summed E-state index contributed by atoms with van der Waals surface area (Å²) in [6.45, 7) is 7.43. The quantitative estimate of drug-likeness (QED) is 0.611. The third kappa shape index (κ3) is 1.93. The van der Waals surface area contributed by atoms with Gasteiger partial charge < -0.3 is 5.73 Å². The van der Waals surface area contributed by atoms with Crippen LogP contribution in [0, 0.1) is 5.41 Å². The molecular formula is C10H17N. The molecule has 0 amide bonds. The van der Waals surface area contributed by atoms with Gasteiger partial charge in [-0.2, -0.15) is 0 Å². The number of hydrogen-bond donors (Lipinski definition) is 1. The van der Waals surface area contributed by atoms with Crippen LogP contribution >= 0.6 is 0 Å². The van der Waals surface area contributed by atoms with Crippen molar-refractivity contribution in [2.45, 2.75) is 27.2 Å². The lowest BCUT2D eigenvalue weighted by atomic mass is 9.85. The first-order valence-corrected chi connectivity index (χ1v) is 4.13. The Hall–Kier alpha value is -0.560. The lowest BCUT2D eigenvalue weighted by Gasteiger charge is -2.20. The second kappa shape index (κ2) is 2.82. The van der Waals surface area contributed by atoms with Gasteiger partial charge in [-0.3, -0.25) is 0 Å². The van der Waals surface area contributed by atoms with Crippen LogP contribution in [0.5, 0.6) is 0 Å². The molecule has 0 heterocycles. The summed E-state index contributed by atoms with van der Waals surface area (Å²) in [4.78, 5) is 0. The molecule has 0 atom stereocenters. The minimum Gasteiger partial charge on any atom is -0.327 e. The first kappa shape index (κ1) is 8.54. The number of allylic oxidation sites excluding steroid dienone is 3. The maximum Gasteiger partial charge on any atom is 0.0143 e. The van der Waals surface area contributed by atoms with Crippen LogP contribution in [0.25, 0.3) is 0 Å². The molecule has 11 heavy (non-hydrogen) atoms. The van der Waals surface area contributed by atoms with Crippen LogP contribution in [-0.4, -0.2) is 6.54 Å². The summed E-state index contributed by atoms with van der Waals surface area (Å²) in [5, 5.41) is 0. The minimum absolute atomic E-state index is 0.313. The zero-order valence-electron chi connectivity index (χ0n) is 7.65. The Morgan fingerprint density at radius 3 is 2.27 bits per heavy atom. The number of hydrogen-bond acceptors (Lipinski definition) is 1. The molecule has 1 heteroatoms. The van der Waals surface area contributed by atoms with Crippen LogP contribution in [0.15, 0.2) is 23.3 Å². The third-order valence-electron chi connectivity index (χ3n) is 2.16. The van der Waals surface area contributed by atoms with Crippen molar-refractivity contribution < 1.29 is 0 Å². The van der Waals surface area contributed by atoms with E-state index in [0.29, 0.717) is 12.0 Å². The fourth-order valence-electron chi connectivity index (χ4n) is 1.24. The van der Waals surface area contributed by atoms with Crippen LogP contribution in [0.2, 0.25) is 0 Å². The summed E-state index contributed by atoms with van der Waals surface area (Å²) >= 11 is 0. The van der Waals surface area contributed by atoms with Crippen LogP contribution in [0.4, 0.5) is 0 Å². The molecule has 0 aromatic carbocycles. The van der Waals surface area contributed by atoms with Gasteiger partial charge in [-0.25, -0.2) is 0 Å². The zero-order valence-corrected chi connectivity index (χ0v) is 7.65. The molecule has 2 N–H and O–H groups in total. The van der Waals surface area contributed by atoms with Gasteiger partial charge in [0.05, 0.1) is 0 Å². The Labute approximate surface area is 69.0 Å². The third-order valence-corrected chi connectivity index (χ3v) is 2.16. The Bertz CT molecular complexity index is 203. The second-order valence-corrected chi connectivity index (χ2v) is 4.15. The van der Waals surface area contributed by atoms with Crippen LogP contribution in [0.3, 0.4) is 0 Å². The summed E-state index contributed by atoms with van der Waals surface area (Å²) in [7, 11) is 0. The molecule has 0 aromatic heterocycles. The normalized spacial score (nSPS) is 18.2. The molecule has 1 rings (SSSR count). The number of nitrogens with two attached hydrogens (primary N) is 1. The molecule has 1 nitrogen and oxygen atoms in total. The van der Waals surface area contributed by atoms with E-state index in [2.05, 4.69) is 32.9 Å². The predicted octanol–water partition coefficient (Wildman–Crippen LogP) is 2.25. The smallest absolute Gasteiger partial charge is 0.0143 e. The average Bonchev–Trinajstić information content (AvgIpc) is 2.32. The van der Waals surface area contributed by atoms with Crippen LogP contribution in [-0.2, 0) is 0 Å². The van der Waals surface area contributed by atoms with Gasteiger partial charge in [-0.05, 0) is 11.8 Å². The monoisotopic (exact) mass is 151 g/mol. The summed E-state index contributed by atoms with van der Waals surface area (Å²) < 4.78 is 0. The van der Waals surface area contributed by atoms with Crippen molar-refractivity contribution in [3.05, 3.63) is 23.3 Å². The standard InChI is InChI=1S/C10H17N/c1-10(2,3)9-5-4-8(6-9)7-11/h4-5H,6-7,11H2,1-3H3. The summed E-state index contributed by atoms with van der Waals surface area (Å²) in [6.07, 6.45) is 5.45. The molecule has 0 aromatic rings. The van der Waals surface area contributed by atoms with Gasteiger partial charge in [-0.1, -0.05) is 44.1 Å². The molecule has 62 valence electrons. The molecule has 0 radical (unpaired) electrons. The summed E-state index contributed by atoms with van der Waals surface area (Å²) in [5.74, 6) is 0. The minimum atomic E-state index is 0.313. The van der Waals surface area contributed by atoms with Gasteiger partial charge in [-0.15, -0.1) is 0 Å². The highest BCUT2D eigenvalue weighted by Gasteiger charge is 2.19. The van der Waals surface area contributed by atoms with E-state index < -0.39 is 0 Å². The lowest BCUT2D eigenvalue weighted by molar-refractivity contribution is 0.494. The molecule has 0 aliphatic heterocycles. The van der Waals surface area contributed by atoms with E-state index in [4.69, 9.17) is 5.73 Å². The van der Waals surface area contributed by atoms with Crippen molar-refractivity contribution in [2.75, 3.05) is 6.54 Å². The van der Waals surface area contributed by atoms with Crippen molar-refractivity contribution in [1.82, 2.24) is 0 Å². The van der Waals surface area contributed by atoms with E-state index in [-0.39, 0.29) is 0 Å². The molecule has 0 fully saturated rings. The molecule has 0 bridgehead atoms. The Morgan fingerprint density at radius 1 is 1.36 bits per heavy atom. The van der Waals surface area contributed by atoms with E-state index in [1.165, 1.54) is 11.1 Å². The Kier molecular flexibility index (Phi) is 2.19. The second-order valence-electron chi connectivity index (χ2n) is 4.15. The largest absolute Gasteiger partial charge is 0.327 e. The Balaban J connectivity index is 2.60. The highest BCUT2D eigenvalue weighted by atomic mass is 14.5. The van der Waals surface area contributed by atoms with Gasteiger partial charge in [0.25, 0.3) is 0 Å². The van der Waals surface area contributed by atoms with E-state index >= 15 is 0 Å². The fraction of sp³-hybridized carbons (Fsp3) is 0.600. The van der Waals surface area contributed by atoms with Crippen molar-refractivity contribution in [1.29, 1.82) is 0 Å². The highest BCUT2D eigenvalue weighted by Crippen LogP contribution is 2.33. The highest BCUT2D eigenvalue weighted by molar-refractivity contribution is 5.33. The SMILES string of the molecule is CC(C)(C)C1=CC=C(CN)C1. The molecule has 0 saturated carbocycles. The first-order chi connectivity index (χ1) is 5.04. The predicted molar refractivity (Wildman–Crippen MR) is 49.3 cm³/mol. The molecular weight excluding hydrogens is 134 g/mol. The molecule has 0 saturated heterocycles. The van der Waals surface area contributed by atoms with Gasteiger partial charge in [0, 0.05) is 6.54 Å². The van der Waals surface area contributed by atoms with Gasteiger partial charge >= 0.3 is 0 Å². The van der Waals surface area contributed by atoms with Crippen LogP contribution in [0.1, 0.15) is 27.2 Å².